The minimum atomic E-state index is -4.18. The number of nitrogens with one attached hydrogen (secondary N) is 2. The van der Waals surface area contributed by atoms with E-state index in [2.05, 4.69) is 14.9 Å². The van der Waals surface area contributed by atoms with Gasteiger partial charge in [0.15, 0.2) is 12.2 Å². The number of aliphatic hydroxyl groups is 2. The second-order valence-electron chi connectivity index (χ2n) is 10.7. The number of piperazine rings is 1. The molecule has 258 valence electrons. The van der Waals surface area contributed by atoms with Gasteiger partial charge in [0, 0.05) is 51.4 Å². The molecule has 3 atom stereocenters. The maximum atomic E-state index is 13.5. The summed E-state index contributed by atoms with van der Waals surface area (Å²) in [5.41, 5.74) is 0.962. The Kier molecular flexibility index (Phi) is 13.2. The van der Waals surface area contributed by atoms with Crippen LogP contribution in [0.15, 0.2) is 35.2 Å². The molecule has 1 aromatic carbocycles. The largest absolute Gasteiger partial charge is 0.479 e. The third kappa shape index (κ3) is 9.92. The number of benzene rings is 1. The van der Waals surface area contributed by atoms with Crippen LogP contribution in [0.2, 0.25) is 4.34 Å². The summed E-state index contributed by atoms with van der Waals surface area (Å²) in [5, 5.41) is 35.2. The van der Waals surface area contributed by atoms with Gasteiger partial charge in [0.25, 0.3) is 5.91 Å². The zero-order valence-corrected chi connectivity index (χ0v) is 27.8. The van der Waals surface area contributed by atoms with Crippen molar-refractivity contribution < 1.29 is 52.8 Å². The predicted molar refractivity (Wildman–Crippen MR) is 170 cm³/mol. The van der Waals surface area contributed by atoms with E-state index in [0.29, 0.717) is 66.0 Å². The predicted octanol–water partition coefficient (Wildman–Crippen LogP) is -0.435. The highest BCUT2D eigenvalue weighted by atomic mass is 35.5. The summed E-state index contributed by atoms with van der Waals surface area (Å²) in [6, 6.07) is 6.70. The number of amides is 3. The van der Waals surface area contributed by atoms with Gasteiger partial charge in [-0.05, 0) is 50.2 Å². The minimum absolute atomic E-state index is 0.0164. The number of carboxylic acid groups (broad SMARTS) is 2. The fraction of sp³-hybridized carbons (Fsp3) is 0.464. The zero-order valence-electron chi connectivity index (χ0n) is 25.5. The monoisotopic (exact) mass is 717 g/mol. The molecule has 0 unspecified atom stereocenters. The van der Waals surface area contributed by atoms with Crippen LogP contribution < -0.4 is 14.9 Å². The first kappa shape index (κ1) is 37.8. The summed E-state index contributed by atoms with van der Waals surface area (Å²) in [6.45, 7) is 4.17. The van der Waals surface area contributed by atoms with Crippen LogP contribution in [0.5, 0.6) is 0 Å². The molecule has 2 aromatic rings. The van der Waals surface area contributed by atoms with Crippen LogP contribution >= 0.6 is 22.9 Å². The molecule has 0 aliphatic carbocycles. The molecule has 6 N–H and O–H groups in total. The Morgan fingerprint density at radius 3 is 2.11 bits per heavy atom. The maximum absolute atomic E-state index is 13.5. The van der Waals surface area contributed by atoms with Gasteiger partial charge in [-0.15, -0.1) is 11.3 Å². The molecule has 3 heterocycles. The van der Waals surface area contributed by atoms with E-state index in [0.717, 1.165) is 11.3 Å². The van der Waals surface area contributed by atoms with Gasteiger partial charge >= 0.3 is 11.9 Å². The molecular formula is C28H36ClN5O11S2. The van der Waals surface area contributed by atoms with Crippen molar-refractivity contribution in [3.05, 3.63) is 45.1 Å². The van der Waals surface area contributed by atoms with Crippen molar-refractivity contribution in [1.29, 1.82) is 0 Å². The summed E-state index contributed by atoms with van der Waals surface area (Å²) in [6.07, 6.45) is -3.40. The van der Waals surface area contributed by atoms with Crippen molar-refractivity contribution in [2.45, 2.75) is 42.9 Å². The van der Waals surface area contributed by atoms with Gasteiger partial charge < -0.3 is 40.4 Å². The van der Waals surface area contributed by atoms with Crippen molar-refractivity contribution in [2.24, 2.45) is 0 Å². The number of sulfonamides is 1. The molecular weight excluding hydrogens is 682 g/mol. The first-order chi connectivity index (χ1) is 22.0. The number of aliphatic carboxylic acids is 2. The Morgan fingerprint density at radius 1 is 0.979 bits per heavy atom. The molecule has 2 saturated heterocycles. The van der Waals surface area contributed by atoms with Crippen molar-refractivity contribution in [3.63, 3.8) is 0 Å². The van der Waals surface area contributed by atoms with E-state index in [1.807, 2.05) is 7.05 Å². The molecule has 16 nitrogen and oxygen atoms in total. The van der Waals surface area contributed by atoms with Gasteiger partial charge in [0.1, 0.15) is 6.04 Å². The number of anilines is 1. The summed E-state index contributed by atoms with van der Waals surface area (Å²) in [4.78, 5) is 63.5. The van der Waals surface area contributed by atoms with Crippen molar-refractivity contribution in [3.8, 4) is 0 Å². The number of halogens is 1. The van der Waals surface area contributed by atoms with Gasteiger partial charge in [-0.3, -0.25) is 14.4 Å². The number of hydrogen-bond donors (Lipinski definition) is 6. The quantitative estimate of drug-likeness (QED) is 0.174. The van der Waals surface area contributed by atoms with E-state index < -0.39 is 52.0 Å². The van der Waals surface area contributed by atoms with Gasteiger partial charge in [-0.1, -0.05) is 17.7 Å². The fourth-order valence-corrected chi connectivity index (χ4v) is 7.17. The lowest BCUT2D eigenvalue weighted by atomic mass is 10.2. The second-order valence-corrected chi connectivity index (χ2v) is 14.1. The van der Waals surface area contributed by atoms with Crippen molar-refractivity contribution >= 4 is 68.3 Å². The lowest BCUT2D eigenvalue weighted by Crippen LogP contribution is -2.57. The molecule has 0 bridgehead atoms. The third-order valence-corrected chi connectivity index (χ3v) is 10.2. The van der Waals surface area contributed by atoms with E-state index in [1.54, 1.807) is 41.0 Å². The Hall–Kier alpha value is -3.65. The van der Waals surface area contributed by atoms with Crippen molar-refractivity contribution in [2.75, 3.05) is 51.2 Å². The summed E-state index contributed by atoms with van der Waals surface area (Å²) in [5.74, 6) is -4.45. The summed E-state index contributed by atoms with van der Waals surface area (Å²) in [7, 11) is -2.22. The molecule has 2 aliphatic rings. The number of hydrogen-bond acceptors (Lipinski definition) is 11. The van der Waals surface area contributed by atoms with Crippen LogP contribution in [-0.2, 0) is 29.2 Å². The normalized spacial score (nSPS) is 17.3. The van der Waals surface area contributed by atoms with Gasteiger partial charge in [-0.2, -0.15) is 4.72 Å². The van der Waals surface area contributed by atoms with Crippen LogP contribution in [0.25, 0.3) is 0 Å². The van der Waals surface area contributed by atoms with Crippen LogP contribution in [0.4, 0.5) is 5.69 Å². The van der Waals surface area contributed by atoms with Gasteiger partial charge in [0.05, 0.1) is 14.1 Å². The number of carbonyl (C=O) groups excluding carboxylic acids is 3. The summed E-state index contributed by atoms with van der Waals surface area (Å²) < 4.78 is 30.1. The van der Waals surface area contributed by atoms with Crippen molar-refractivity contribution in [1.82, 2.24) is 19.8 Å². The molecule has 0 spiro atoms. The van der Waals surface area contributed by atoms with E-state index >= 15 is 0 Å². The Bertz CT molecular complexity index is 1580. The number of likely N-dealkylation sites (N-methyl/N-ethyl adjacent to an activating group) is 1. The first-order valence-corrected chi connectivity index (χ1v) is 17.0. The smallest absolute Gasteiger partial charge is 0.335 e. The van der Waals surface area contributed by atoms with Gasteiger partial charge in [0.2, 0.25) is 21.8 Å². The number of carbonyl (C=O) groups is 5. The minimum Gasteiger partial charge on any atom is -0.479 e. The maximum Gasteiger partial charge on any atom is 0.335 e. The molecule has 2 aliphatic heterocycles. The average molecular weight is 718 g/mol. The molecule has 2 fully saturated rings. The van der Waals surface area contributed by atoms with Crippen LogP contribution in [0, 0.1) is 6.92 Å². The Morgan fingerprint density at radius 2 is 1.60 bits per heavy atom. The van der Waals surface area contributed by atoms with E-state index in [9.17, 15) is 32.4 Å². The Balaban J connectivity index is 0.000000520. The highest BCUT2D eigenvalue weighted by molar-refractivity contribution is 7.89. The van der Waals surface area contributed by atoms with Gasteiger partial charge in [-0.25, -0.2) is 18.0 Å². The lowest BCUT2D eigenvalue weighted by molar-refractivity contribution is -0.165. The fourth-order valence-electron chi connectivity index (χ4n) is 4.75. The van der Waals surface area contributed by atoms with E-state index in [4.69, 9.17) is 32.0 Å². The highest BCUT2D eigenvalue weighted by Gasteiger charge is 2.33. The van der Waals surface area contributed by atoms with E-state index in [-0.39, 0.29) is 17.3 Å². The van der Waals surface area contributed by atoms with Crippen LogP contribution in [0.1, 0.15) is 28.1 Å². The van der Waals surface area contributed by atoms with Crippen LogP contribution in [0.3, 0.4) is 0 Å². The number of nitrogens with zero attached hydrogens (tertiary/aromatic N) is 3. The second kappa shape index (κ2) is 16.4. The topological polar surface area (TPSA) is 234 Å². The standard InChI is InChI=1S/C24H30ClN5O5S2.C4H6O6/c1-16-18(30-10-4-7-22(30)31)5-3-6-20(16)37(34,35)27-17(24(33)29-13-11-28(2)12-14-29)15-26-23(32)19-8-9-21(25)36-19;5-1(3(7)8)2(6)4(9)10/h3,5-6,8-9,17,27H,4,7,10-15H2,1-2H3,(H,26,32);1-2,5-6H,(H,7,8)(H,9,10)/t17-;1-,2-/m01/s1. The molecule has 19 heteroatoms. The molecule has 0 radical (unpaired) electrons. The number of aliphatic hydroxyl groups excluding tert-OH is 2. The first-order valence-electron chi connectivity index (χ1n) is 14.3. The SMILES string of the molecule is Cc1c(N2CCCC2=O)cccc1S(=O)(=O)N[C@@H](CNC(=O)c1ccc(Cl)s1)C(=O)N1CCN(C)CC1.O=C(O)[C@H](O)[C@@H](O)C(=O)O. The number of carboxylic acids is 2. The van der Waals surface area contributed by atoms with Crippen LogP contribution in [-0.4, -0.2) is 133 Å². The zero-order chi connectivity index (χ0) is 35.1. The average Bonchev–Trinajstić information content (AvgIpc) is 3.66. The molecule has 0 saturated carbocycles. The Labute approximate surface area is 279 Å². The molecule has 47 heavy (non-hydrogen) atoms. The van der Waals surface area contributed by atoms with E-state index in [1.165, 1.54) is 6.07 Å². The number of thiophene rings is 1. The molecule has 4 rings (SSSR count). The lowest BCUT2D eigenvalue weighted by Gasteiger charge is -2.34. The molecule has 1 aromatic heterocycles. The number of rotatable bonds is 11. The highest BCUT2D eigenvalue weighted by Crippen LogP contribution is 2.29. The summed E-state index contributed by atoms with van der Waals surface area (Å²) >= 11 is 7.02. The third-order valence-electron chi connectivity index (χ3n) is 7.39. The molecule has 3 amide bonds.